The molecule has 1 aliphatic rings. The third-order valence-corrected chi connectivity index (χ3v) is 3.07. The van der Waals surface area contributed by atoms with Crippen LogP contribution in [0.1, 0.15) is 36.7 Å². The second-order valence-electron chi connectivity index (χ2n) is 4.19. The molecule has 1 amide bonds. The molecule has 0 spiro atoms. The monoisotopic (exact) mass is 208 g/mol. The molecule has 1 aliphatic carbocycles. The smallest absolute Gasteiger partial charge is 0.271 e. The average molecular weight is 208 g/mol. The Morgan fingerprint density at radius 1 is 1.67 bits per heavy atom. The number of hydrogen-bond acceptors (Lipinski definition) is 3. The molecule has 5 nitrogen and oxygen atoms in total. The molecule has 0 aliphatic heterocycles. The van der Waals surface area contributed by atoms with Crippen molar-refractivity contribution >= 4 is 11.6 Å². The first-order chi connectivity index (χ1) is 7.18. The minimum atomic E-state index is -0.149. The van der Waals surface area contributed by atoms with Gasteiger partial charge in [0.15, 0.2) is 0 Å². The van der Waals surface area contributed by atoms with Crippen molar-refractivity contribution in [2.75, 3.05) is 5.73 Å². The fourth-order valence-corrected chi connectivity index (χ4v) is 2.08. The number of carbonyl (C=O) groups is 1. The topological polar surface area (TPSA) is 83.8 Å². The van der Waals surface area contributed by atoms with Crippen molar-refractivity contribution < 1.29 is 4.79 Å². The van der Waals surface area contributed by atoms with E-state index in [1.165, 1.54) is 19.0 Å². The van der Waals surface area contributed by atoms with Gasteiger partial charge in [-0.1, -0.05) is 13.3 Å². The van der Waals surface area contributed by atoms with Crippen molar-refractivity contribution in [3.8, 4) is 0 Å². The summed E-state index contributed by atoms with van der Waals surface area (Å²) in [4.78, 5) is 11.8. The van der Waals surface area contributed by atoms with Crippen LogP contribution in [0.25, 0.3) is 0 Å². The third-order valence-electron chi connectivity index (χ3n) is 3.07. The van der Waals surface area contributed by atoms with Crippen LogP contribution in [-0.4, -0.2) is 22.1 Å². The number of hydrogen-bond donors (Lipinski definition) is 3. The van der Waals surface area contributed by atoms with Crippen molar-refractivity contribution in [3.05, 3.63) is 11.9 Å². The Morgan fingerprint density at radius 2 is 2.47 bits per heavy atom. The molecule has 1 heterocycles. The number of nitrogens with zero attached hydrogens (tertiary/aromatic N) is 1. The van der Waals surface area contributed by atoms with Crippen LogP contribution in [0.3, 0.4) is 0 Å². The quantitative estimate of drug-likeness (QED) is 0.675. The van der Waals surface area contributed by atoms with Gasteiger partial charge in [-0.15, -0.1) is 0 Å². The first kappa shape index (κ1) is 10.0. The summed E-state index contributed by atoms with van der Waals surface area (Å²) in [6, 6.07) is 0.278. The maximum Gasteiger partial charge on any atom is 0.271 e. The maximum absolute atomic E-state index is 11.8. The molecule has 1 saturated carbocycles. The summed E-state index contributed by atoms with van der Waals surface area (Å²) < 4.78 is 0. The number of nitrogens with one attached hydrogen (secondary N) is 2. The number of rotatable bonds is 2. The lowest BCUT2D eigenvalue weighted by Gasteiger charge is -2.16. The molecule has 1 aromatic rings. The molecule has 82 valence electrons. The van der Waals surface area contributed by atoms with E-state index in [4.69, 9.17) is 5.73 Å². The molecule has 2 unspecified atom stereocenters. The van der Waals surface area contributed by atoms with E-state index in [1.807, 2.05) is 0 Å². The second kappa shape index (κ2) is 3.92. The number of nitrogens with two attached hydrogens (primary N) is 1. The van der Waals surface area contributed by atoms with Gasteiger partial charge in [-0.05, 0) is 18.8 Å². The molecule has 5 heteroatoms. The number of nitrogen functional groups attached to an aromatic ring is 1. The highest BCUT2D eigenvalue weighted by Crippen LogP contribution is 2.25. The van der Waals surface area contributed by atoms with E-state index >= 15 is 0 Å². The van der Waals surface area contributed by atoms with Crippen LogP contribution in [-0.2, 0) is 0 Å². The summed E-state index contributed by atoms with van der Waals surface area (Å²) in [6.45, 7) is 2.16. The van der Waals surface area contributed by atoms with Gasteiger partial charge in [0, 0.05) is 6.04 Å². The van der Waals surface area contributed by atoms with Gasteiger partial charge in [-0.2, -0.15) is 5.10 Å². The molecule has 0 aromatic carbocycles. The van der Waals surface area contributed by atoms with Gasteiger partial charge in [0.05, 0.1) is 11.9 Å². The van der Waals surface area contributed by atoms with Crippen LogP contribution < -0.4 is 11.1 Å². The highest BCUT2D eigenvalue weighted by molar-refractivity contribution is 5.97. The lowest BCUT2D eigenvalue weighted by Crippen LogP contribution is -2.36. The minimum absolute atomic E-state index is 0.149. The summed E-state index contributed by atoms with van der Waals surface area (Å²) in [5.74, 6) is 0.404. The number of aromatic amines is 1. The van der Waals surface area contributed by atoms with Gasteiger partial charge in [0.2, 0.25) is 0 Å². The standard InChI is InChI=1S/C10H16N4O/c1-6-3-2-4-8(6)13-10(15)9-7(11)5-12-14-9/h5-6,8H,2-4,11H2,1H3,(H,12,14)(H,13,15). The molecule has 2 rings (SSSR count). The van der Waals surface area contributed by atoms with Crippen molar-refractivity contribution in [1.82, 2.24) is 15.5 Å². The molecule has 2 atom stereocenters. The fraction of sp³-hybridized carbons (Fsp3) is 0.600. The molecule has 0 bridgehead atoms. The summed E-state index contributed by atoms with van der Waals surface area (Å²) in [6.07, 6.45) is 4.88. The lowest BCUT2D eigenvalue weighted by molar-refractivity contribution is 0.0925. The predicted molar refractivity (Wildman–Crippen MR) is 57.3 cm³/mol. The Morgan fingerprint density at radius 3 is 3.00 bits per heavy atom. The van der Waals surface area contributed by atoms with E-state index in [1.54, 1.807) is 0 Å². The van der Waals surface area contributed by atoms with Gasteiger partial charge in [0.1, 0.15) is 5.69 Å². The van der Waals surface area contributed by atoms with E-state index in [2.05, 4.69) is 22.4 Å². The normalized spacial score (nSPS) is 25.4. The van der Waals surface area contributed by atoms with Crippen LogP contribution in [0.2, 0.25) is 0 Å². The average Bonchev–Trinajstić information content (AvgIpc) is 2.76. The van der Waals surface area contributed by atoms with Crippen LogP contribution in [0.5, 0.6) is 0 Å². The first-order valence-corrected chi connectivity index (χ1v) is 5.28. The summed E-state index contributed by atoms with van der Waals surface area (Å²) in [7, 11) is 0. The van der Waals surface area contributed by atoms with Crippen LogP contribution in [0, 0.1) is 5.92 Å². The van der Waals surface area contributed by atoms with Crippen molar-refractivity contribution in [2.45, 2.75) is 32.2 Å². The largest absolute Gasteiger partial charge is 0.396 e. The number of H-pyrrole nitrogens is 1. The van der Waals surface area contributed by atoms with E-state index in [9.17, 15) is 4.79 Å². The van der Waals surface area contributed by atoms with Gasteiger partial charge < -0.3 is 11.1 Å². The van der Waals surface area contributed by atoms with E-state index in [0.29, 0.717) is 17.3 Å². The highest BCUT2D eigenvalue weighted by atomic mass is 16.2. The SMILES string of the molecule is CC1CCCC1NC(=O)c1[nH]ncc1N. The molecular weight excluding hydrogens is 192 g/mol. The molecule has 15 heavy (non-hydrogen) atoms. The highest BCUT2D eigenvalue weighted by Gasteiger charge is 2.26. The Hall–Kier alpha value is -1.52. The Kier molecular flexibility index (Phi) is 2.62. The number of carbonyl (C=O) groups excluding carboxylic acids is 1. The molecular formula is C10H16N4O. The van der Waals surface area contributed by atoms with E-state index in [0.717, 1.165) is 6.42 Å². The molecule has 0 radical (unpaired) electrons. The minimum Gasteiger partial charge on any atom is -0.396 e. The first-order valence-electron chi connectivity index (χ1n) is 5.28. The van der Waals surface area contributed by atoms with E-state index in [-0.39, 0.29) is 11.9 Å². The number of anilines is 1. The number of aromatic nitrogens is 2. The Labute approximate surface area is 88.4 Å². The maximum atomic E-state index is 11.8. The Bertz CT molecular complexity index is 360. The van der Waals surface area contributed by atoms with Gasteiger partial charge in [-0.25, -0.2) is 0 Å². The fourth-order valence-electron chi connectivity index (χ4n) is 2.08. The zero-order valence-corrected chi connectivity index (χ0v) is 8.79. The number of amides is 1. The zero-order chi connectivity index (χ0) is 10.8. The molecule has 0 saturated heterocycles. The summed E-state index contributed by atoms with van der Waals surface area (Å²) >= 11 is 0. The van der Waals surface area contributed by atoms with Crippen LogP contribution in [0.15, 0.2) is 6.20 Å². The Balaban J connectivity index is 2.01. The second-order valence-corrected chi connectivity index (χ2v) is 4.19. The molecule has 1 aromatic heterocycles. The summed E-state index contributed by atoms with van der Waals surface area (Å²) in [5.41, 5.74) is 6.37. The zero-order valence-electron chi connectivity index (χ0n) is 8.79. The van der Waals surface area contributed by atoms with Gasteiger partial charge in [-0.3, -0.25) is 9.89 Å². The van der Waals surface area contributed by atoms with Crippen molar-refractivity contribution in [1.29, 1.82) is 0 Å². The lowest BCUT2D eigenvalue weighted by atomic mass is 10.1. The predicted octanol–water partition coefficient (Wildman–Crippen LogP) is 0.910. The molecule has 4 N–H and O–H groups in total. The summed E-state index contributed by atoms with van der Waals surface area (Å²) in [5, 5.41) is 9.31. The van der Waals surface area contributed by atoms with Gasteiger partial charge >= 0.3 is 0 Å². The van der Waals surface area contributed by atoms with E-state index < -0.39 is 0 Å². The third kappa shape index (κ3) is 1.95. The van der Waals surface area contributed by atoms with Gasteiger partial charge in [0.25, 0.3) is 5.91 Å². The van der Waals surface area contributed by atoms with Crippen LogP contribution >= 0.6 is 0 Å². The van der Waals surface area contributed by atoms with Crippen LogP contribution in [0.4, 0.5) is 5.69 Å². The van der Waals surface area contributed by atoms with Crippen molar-refractivity contribution in [3.63, 3.8) is 0 Å². The van der Waals surface area contributed by atoms with Crippen molar-refractivity contribution in [2.24, 2.45) is 5.92 Å². The molecule has 1 fully saturated rings.